The molecule has 0 saturated carbocycles. The van der Waals surface area contributed by atoms with Gasteiger partial charge in [-0.15, -0.1) is 0 Å². The number of furan rings is 1. The molecular formula is C23H19F6N5O. The fraction of sp³-hybridized carbons (Fsp3) is 0.304. The Kier molecular flexibility index (Phi) is 5.41. The van der Waals surface area contributed by atoms with Crippen molar-refractivity contribution >= 4 is 22.8 Å². The van der Waals surface area contributed by atoms with Gasteiger partial charge >= 0.3 is 12.4 Å². The molecule has 0 spiro atoms. The Morgan fingerprint density at radius 2 is 1.83 bits per heavy atom. The number of anilines is 2. The SMILES string of the molecule is CC1CN(c2ncccc2C(F)(F)F)CCN1c1nc2c(-c3ccco3)cc(C(F)(F)F)cc2[nH]1. The number of alkyl halides is 6. The number of benzene rings is 1. The number of pyridine rings is 1. The van der Waals surface area contributed by atoms with E-state index >= 15 is 0 Å². The van der Waals surface area contributed by atoms with Gasteiger partial charge in [-0.05, 0) is 43.3 Å². The summed E-state index contributed by atoms with van der Waals surface area (Å²) < 4.78 is 86.2. The van der Waals surface area contributed by atoms with Crippen molar-refractivity contribution in [1.82, 2.24) is 15.0 Å². The average Bonchev–Trinajstić information content (AvgIpc) is 3.47. The van der Waals surface area contributed by atoms with E-state index in [-0.39, 0.29) is 48.3 Å². The van der Waals surface area contributed by atoms with Crippen molar-refractivity contribution < 1.29 is 30.8 Å². The third kappa shape index (κ3) is 4.28. The summed E-state index contributed by atoms with van der Waals surface area (Å²) in [6.07, 6.45) is -6.43. The Balaban J connectivity index is 1.48. The summed E-state index contributed by atoms with van der Waals surface area (Å²) in [5.41, 5.74) is -0.982. The lowest BCUT2D eigenvalue weighted by molar-refractivity contribution is -0.138. The quantitative estimate of drug-likeness (QED) is 0.355. The molecule has 1 atom stereocenters. The van der Waals surface area contributed by atoms with Gasteiger partial charge in [-0.2, -0.15) is 26.3 Å². The highest BCUT2D eigenvalue weighted by Gasteiger charge is 2.38. The maximum absolute atomic E-state index is 13.5. The second-order valence-electron chi connectivity index (χ2n) is 8.32. The molecule has 1 aliphatic heterocycles. The first-order valence-electron chi connectivity index (χ1n) is 10.7. The summed E-state index contributed by atoms with van der Waals surface area (Å²) in [6.45, 7) is 2.54. The van der Waals surface area contributed by atoms with Crippen LogP contribution in [-0.4, -0.2) is 40.6 Å². The fourth-order valence-corrected chi connectivity index (χ4v) is 4.36. The lowest BCUT2D eigenvalue weighted by atomic mass is 10.1. The van der Waals surface area contributed by atoms with Gasteiger partial charge in [-0.25, -0.2) is 9.97 Å². The van der Waals surface area contributed by atoms with Crippen LogP contribution in [0.15, 0.2) is 53.3 Å². The molecule has 1 N–H and O–H groups in total. The van der Waals surface area contributed by atoms with Crippen LogP contribution in [0.3, 0.4) is 0 Å². The minimum absolute atomic E-state index is 0.147. The molecule has 0 bridgehead atoms. The van der Waals surface area contributed by atoms with Crippen LogP contribution >= 0.6 is 0 Å². The normalized spacial score (nSPS) is 17.4. The molecule has 5 rings (SSSR count). The molecule has 0 aliphatic carbocycles. The molecule has 12 heteroatoms. The zero-order valence-electron chi connectivity index (χ0n) is 18.3. The van der Waals surface area contributed by atoms with Gasteiger partial charge < -0.3 is 19.2 Å². The maximum atomic E-state index is 13.5. The zero-order valence-corrected chi connectivity index (χ0v) is 18.3. The van der Waals surface area contributed by atoms with E-state index in [1.165, 1.54) is 18.5 Å². The number of halogens is 6. The van der Waals surface area contributed by atoms with Crippen LogP contribution in [-0.2, 0) is 12.4 Å². The molecule has 1 aliphatic rings. The highest BCUT2D eigenvalue weighted by Crippen LogP contribution is 2.39. The van der Waals surface area contributed by atoms with Crippen LogP contribution in [0.25, 0.3) is 22.4 Å². The molecule has 4 heterocycles. The van der Waals surface area contributed by atoms with Crippen molar-refractivity contribution in [2.45, 2.75) is 25.3 Å². The van der Waals surface area contributed by atoms with Crippen LogP contribution in [0, 0.1) is 0 Å². The number of H-pyrrole nitrogens is 1. The monoisotopic (exact) mass is 495 g/mol. The second kappa shape index (κ2) is 8.21. The standard InChI is InChI=1S/C23H19F6N5O/c1-13-12-33(20-16(23(27,28)29)4-2-6-30-20)7-8-34(13)21-31-17-11-14(22(24,25)26)10-15(19(17)32-21)18-5-3-9-35-18/h2-6,9-11,13H,7-8,12H2,1H3,(H,31,32). The largest absolute Gasteiger partial charge is 0.464 e. The van der Waals surface area contributed by atoms with Gasteiger partial charge in [0, 0.05) is 37.4 Å². The van der Waals surface area contributed by atoms with E-state index in [2.05, 4.69) is 15.0 Å². The molecule has 6 nitrogen and oxygen atoms in total. The molecule has 0 radical (unpaired) electrons. The number of nitrogens with zero attached hydrogens (tertiary/aromatic N) is 4. The number of hydrogen-bond acceptors (Lipinski definition) is 5. The summed E-state index contributed by atoms with van der Waals surface area (Å²) in [7, 11) is 0. The van der Waals surface area contributed by atoms with Gasteiger partial charge in [0.25, 0.3) is 0 Å². The number of nitrogens with one attached hydrogen (secondary N) is 1. The number of aromatic nitrogens is 3. The fourth-order valence-electron chi connectivity index (χ4n) is 4.36. The van der Waals surface area contributed by atoms with E-state index in [9.17, 15) is 26.3 Å². The molecule has 35 heavy (non-hydrogen) atoms. The van der Waals surface area contributed by atoms with Crippen LogP contribution in [0.2, 0.25) is 0 Å². The van der Waals surface area contributed by atoms with Crippen LogP contribution < -0.4 is 9.80 Å². The van der Waals surface area contributed by atoms with E-state index in [0.29, 0.717) is 11.5 Å². The van der Waals surface area contributed by atoms with E-state index in [0.717, 1.165) is 18.2 Å². The van der Waals surface area contributed by atoms with E-state index < -0.39 is 23.5 Å². The molecule has 1 aromatic carbocycles. The predicted molar refractivity (Wildman–Crippen MR) is 117 cm³/mol. The summed E-state index contributed by atoms with van der Waals surface area (Å²) in [6, 6.07) is 7.04. The van der Waals surface area contributed by atoms with Crippen LogP contribution in [0.4, 0.5) is 38.1 Å². The molecule has 4 aromatic rings. The first-order chi connectivity index (χ1) is 16.5. The first kappa shape index (κ1) is 23.1. The molecular weight excluding hydrogens is 476 g/mol. The van der Waals surface area contributed by atoms with Crippen LogP contribution in [0.5, 0.6) is 0 Å². The van der Waals surface area contributed by atoms with E-state index in [4.69, 9.17) is 4.42 Å². The van der Waals surface area contributed by atoms with Crippen molar-refractivity contribution in [3.05, 3.63) is 60.0 Å². The van der Waals surface area contributed by atoms with Gasteiger partial charge in [0.05, 0.1) is 22.9 Å². The summed E-state index contributed by atoms with van der Waals surface area (Å²) in [5, 5.41) is 0. The summed E-state index contributed by atoms with van der Waals surface area (Å²) in [4.78, 5) is 14.8. The van der Waals surface area contributed by atoms with Crippen LogP contribution in [0.1, 0.15) is 18.1 Å². The highest BCUT2D eigenvalue weighted by atomic mass is 19.4. The van der Waals surface area contributed by atoms with Crippen molar-refractivity contribution in [3.8, 4) is 11.3 Å². The minimum Gasteiger partial charge on any atom is -0.464 e. The lowest BCUT2D eigenvalue weighted by Crippen LogP contribution is -2.53. The van der Waals surface area contributed by atoms with E-state index in [1.807, 2.05) is 11.8 Å². The van der Waals surface area contributed by atoms with Crippen molar-refractivity contribution in [2.24, 2.45) is 0 Å². The molecule has 1 unspecified atom stereocenters. The summed E-state index contributed by atoms with van der Waals surface area (Å²) in [5.74, 6) is 0.425. The molecule has 1 fully saturated rings. The predicted octanol–water partition coefficient (Wildman–Crippen LogP) is 5.97. The van der Waals surface area contributed by atoms with Crippen molar-refractivity contribution in [2.75, 3.05) is 29.4 Å². The first-order valence-corrected chi connectivity index (χ1v) is 10.7. The van der Waals surface area contributed by atoms with Crippen molar-refractivity contribution in [3.63, 3.8) is 0 Å². The number of hydrogen-bond donors (Lipinski definition) is 1. The topological polar surface area (TPSA) is 61.2 Å². The third-order valence-corrected chi connectivity index (χ3v) is 5.98. The smallest absolute Gasteiger partial charge is 0.419 e. The number of piperazine rings is 1. The molecule has 0 amide bonds. The molecule has 184 valence electrons. The maximum Gasteiger partial charge on any atom is 0.419 e. The molecule has 1 saturated heterocycles. The van der Waals surface area contributed by atoms with Gasteiger partial charge in [-0.3, -0.25) is 0 Å². The molecule has 3 aromatic heterocycles. The number of aromatic amines is 1. The third-order valence-electron chi connectivity index (χ3n) is 5.98. The summed E-state index contributed by atoms with van der Waals surface area (Å²) >= 11 is 0. The number of fused-ring (bicyclic) bond motifs is 1. The second-order valence-corrected chi connectivity index (χ2v) is 8.32. The lowest BCUT2D eigenvalue weighted by Gasteiger charge is -2.40. The minimum atomic E-state index is -4.57. The highest BCUT2D eigenvalue weighted by molar-refractivity contribution is 5.92. The average molecular weight is 495 g/mol. The number of rotatable bonds is 3. The Hall–Kier alpha value is -3.70. The van der Waals surface area contributed by atoms with Crippen molar-refractivity contribution in [1.29, 1.82) is 0 Å². The van der Waals surface area contributed by atoms with Gasteiger partial charge in [-0.1, -0.05) is 0 Å². The van der Waals surface area contributed by atoms with Gasteiger partial charge in [0.15, 0.2) is 0 Å². The zero-order chi connectivity index (χ0) is 25.0. The number of imidazole rings is 1. The Morgan fingerprint density at radius 3 is 2.49 bits per heavy atom. The Morgan fingerprint density at radius 1 is 1.03 bits per heavy atom. The van der Waals surface area contributed by atoms with Gasteiger partial charge in [0.1, 0.15) is 17.1 Å². The van der Waals surface area contributed by atoms with Gasteiger partial charge in [0.2, 0.25) is 5.95 Å². The Labute approximate surface area is 195 Å². The Bertz CT molecular complexity index is 1340. The van der Waals surface area contributed by atoms with E-state index in [1.54, 1.807) is 17.0 Å².